The van der Waals surface area contributed by atoms with Crippen molar-refractivity contribution in [3.05, 3.63) is 48.0 Å². The number of amides is 1. The van der Waals surface area contributed by atoms with Gasteiger partial charge in [0.25, 0.3) is 5.91 Å². The molecule has 1 heterocycles. The maximum absolute atomic E-state index is 13.0. The average Bonchev–Trinajstić information content (AvgIpc) is 3.28. The van der Waals surface area contributed by atoms with Gasteiger partial charge in [0.2, 0.25) is 0 Å². The van der Waals surface area contributed by atoms with Crippen molar-refractivity contribution < 1.29 is 19.1 Å². The quantitative estimate of drug-likeness (QED) is 0.881. The molecule has 2 aromatic rings. The highest BCUT2D eigenvalue weighted by Gasteiger charge is 2.35. The highest BCUT2D eigenvalue weighted by Crippen LogP contribution is 2.29. The van der Waals surface area contributed by atoms with Crippen LogP contribution in [0.5, 0.6) is 0 Å². The van der Waals surface area contributed by atoms with Gasteiger partial charge in [-0.1, -0.05) is 6.92 Å². The van der Waals surface area contributed by atoms with Gasteiger partial charge in [-0.25, -0.2) is 9.07 Å². The number of hydrogen-bond donors (Lipinski definition) is 1. The number of carboxylic acid groups (broad SMARTS) is 1. The lowest BCUT2D eigenvalue weighted by molar-refractivity contribution is -0.141. The number of halogens is 1. The molecule has 24 heavy (non-hydrogen) atoms. The van der Waals surface area contributed by atoms with Crippen molar-refractivity contribution in [2.24, 2.45) is 5.92 Å². The molecule has 1 aromatic carbocycles. The Kier molecular flexibility index (Phi) is 4.33. The number of aliphatic carboxylic acids is 1. The summed E-state index contributed by atoms with van der Waals surface area (Å²) in [7, 11) is 0. The Morgan fingerprint density at radius 3 is 2.58 bits per heavy atom. The summed E-state index contributed by atoms with van der Waals surface area (Å²) in [4.78, 5) is 25.3. The summed E-state index contributed by atoms with van der Waals surface area (Å²) in [6.45, 7) is 1.75. The van der Waals surface area contributed by atoms with E-state index < -0.39 is 11.9 Å². The van der Waals surface area contributed by atoms with Crippen molar-refractivity contribution in [3.8, 4) is 5.69 Å². The summed E-state index contributed by atoms with van der Waals surface area (Å²) in [5.41, 5.74) is 0.899. The molecule has 1 saturated carbocycles. The van der Waals surface area contributed by atoms with Gasteiger partial charge in [0, 0.05) is 18.8 Å². The zero-order valence-corrected chi connectivity index (χ0v) is 13.2. The first kappa shape index (κ1) is 16.2. The van der Waals surface area contributed by atoms with Gasteiger partial charge in [-0.2, -0.15) is 5.10 Å². The molecule has 3 rings (SSSR count). The molecule has 1 fully saturated rings. The molecule has 0 spiro atoms. The average molecular weight is 331 g/mol. The van der Waals surface area contributed by atoms with Gasteiger partial charge < -0.3 is 10.0 Å². The maximum Gasteiger partial charge on any atom is 0.308 e. The molecule has 1 unspecified atom stereocenters. The number of hydrogen-bond acceptors (Lipinski definition) is 3. The molecule has 1 aliphatic carbocycles. The van der Waals surface area contributed by atoms with E-state index in [9.17, 15) is 14.0 Å². The van der Waals surface area contributed by atoms with Crippen LogP contribution in [0, 0.1) is 11.7 Å². The van der Waals surface area contributed by atoms with E-state index in [-0.39, 0.29) is 30.0 Å². The molecule has 126 valence electrons. The van der Waals surface area contributed by atoms with Crippen LogP contribution in [-0.4, -0.2) is 44.3 Å². The van der Waals surface area contributed by atoms with Gasteiger partial charge in [0.05, 0.1) is 11.6 Å². The van der Waals surface area contributed by atoms with E-state index in [2.05, 4.69) is 5.10 Å². The van der Waals surface area contributed by atoms with Crippen molar-refractivity contribution >= 4 is 11.9 Å². The zero-order chi connectivity index (χ0) is 17.3. The van der Waals surface area contributed by atoms with Crippen molar-refractivity contribution in [1.82, 2.24) is 14.7 Å². The number of nitrogens with zero attached hydrogens (tertiary/aromatic N) is 3. The summed E-state index contributed by atoms with van der Waals surface area (Å²) in [5.74, 6) is -2.17. The molecule has 1 N–H and O–H groups in total. The lowest BCUT2D eigenvalue weighted by atomic mass is 10.1. The summed E-state index contributed by atoms with van der Waals surface area (Å²) in [6, 6.07) is 7.47. The second-order valence-electron chi connectivity index (χ2n) is 6.05. The molecule has 0 bridgehead atoms. The van der Waals surface area contributed by atoms with Crippen molar-refractivity contribution in [3.63, 3.8) is 0 Å². The topological polar surface area (TPSA) is 75.4 Å². The molecule has 0 saturated heterocycles. The van der Waals surface area contributed by atoms with Gasteiger partial charge in [0.1, 0.15) is 5.82 Å². The molecule has 1 aliphatic rings. The number of carbonyl (C=O) groups is 2. The van der Waals surface area contributed by atoms with E-state index in [0.717, 1.165) is 12.8 Å². The Labute approximate surface area is 138 Å². The predicted octanol–water partition coefficient (Wildman–Crippen LogP) is 2.34. The smallest absolute Gasteiger partial charge is 0.308 e. The minimum absolute atomic E-state index is 0.0928. The second kappa shape index (κ2) is 6.43. The SMILES string of the molecule is CC(CN(C(=O)c1ccn(-c2ccc(F)cc2)n1)C1CC1)C(=O)O. The summed E-state index contributed by atoms with van der Waals surface area (Å²) < 4.78 is 14.5. The summed E-state index contributed by atoms with van der Waals surface area (Å²) in [6.07, 6.45) is 3.40. The van der Waals surface area contributed by atoms with Gasteiger partial charge in [0.15, 0.2) is 5.69 Å². The molecular formula is C17H18FN3O3. The van der Waals surface area contributed by atoms with Crippen molar-refractivity contribution in [2.75, 3.05) is 6.54 Å². The van der Waals surface area contributed by atoms with Crippen molar-refractivity contribution in [2.45, 2.75) is 25.8 Å². The van der Waals surface area contributed by atoms with E-state index in [1.807, 2.05) is 0 Å². The number of carboxylic acids is 1. The van der Waals surface area contributed by atoms with Gasteiger partial charge in [-0.3, -0.25) is 9.59 Å². The van der Waals surface area contributed by atoms with Crippen LogP contribution in [0.2, 0.25) is 0 Å². The molecule has 0 radical (unpaired) electrons. The Balaban J connectivity index is 1.78. The molecule has 1 aromatic heterocycles. The molecule has 7 heteroatoms. The molecule has 6 nitrogen and oxygen atoms in total. The minimum atomic E-state index is -0.926. The van der Waals surface area contributed by atoms with E-state index >= 15 is 0 Å². The highest BCUT2D eigenvalue weighted by atomic mass is 19.1. The minimum Gasteiger partial charge on any atom is -0.481 e. The van der Waals surface area contributed by atoms with Crippen molar-refractivity contribution in [1.29, 1.82) is 0 Å². The van der Waals surface area contributed by atoms with E-state index in [4.69, 9.17) is 5.11 Å². The molecular weight excluding hydrogens is 313 g/mol. The Hall–Kier alpha value is -2.70. The van der Waals surface area contributed by atoms with Crippen LogP contribution in [0.25, 0.3) is 5.69 Å². The lowest BCUT2D eigenvalue weighted by Gasteiger charge is -2.23. The van der Waals surface area contributed by atoms with E-state index in [1.54, 1.807) is 36.2 Å². The van der Waals surface area contributed by atoms with Crippen LogP contribution >= 0.6 is 0 Å². The third-order valence-corrected chi connectivity index (χ3v) is 4.04. The van der Waals surface area contributed by atoms with E-state index in [0.29, 0.717) is 5.69 Å². The second-order valence-corrected chi connectivity index (χ2v) is 6.05. The maximum atomic E-state index is 13.0. The molecule has 0 aliphatic heterocycles. The largest absolute Gasteiger partial charge is 0.481 e. The van der Waals surface area contributed by atoms with Crippen LogP contribution in [0.15, 0.2) is 36.5 Å². The first-order valence-corrected chi connectivity index (χ1v) is 7.81. The first-order chi connectivity index (χ1) is 11.5. The number of aromatic nitrogens is 2. The first-order valence-electron chi connectivity index (χ1n) is 7.81. The fraction of sp³-hybridized carbons (Fsp3) is 0.353. The van der Waals surface area contributed by atoms with Crippen LogP contribution in [0.3, 0.4) is 0 Å². The van der Waals surface area contributed by atoms with Crippen LogP contribution in [0.1, 0.15) is 30.3 Å². The zero-order valence-electron chi connectivity index (χ0n) is 13.2. The van der Waals surface area contributed by atoms with Gasteiger partial charge >= 0.3 is 5.97 Å². The molecule has 1 atom stereocenters. The Morgan fingerprint density at radius 1 is 1.33 bits per heavy atom. The summed E-state index contributed by atoms with van der Waals surface area (Å²) >= 11 is 0. The standard InChI is InChI=1S/C17H18FN3O3/c1-11(17(23)24)10-20(13-6-7-13)16(22)15-8-9-21(19-15)14-4-2-12(18)3-5-14/h2-5,8-9,11,13H,6-7,10H2,1H3,(H,23,24). The lowest BCUT2D eigenvalue weighted by Crippen LogP contribution is -2.38. The normalized spacial score (nSPS) is 15.1. The number of rotatable bonds is 6. The van der Waals surface area contributed by atoms with Crippen LogP contribution in [-0.2, 0) is 4.79 Å². The monoisotopic (exact) mass is 331 g/mol. The number of carbonyl (C=O) groups excluding carboxylic acids is 1. The van der Waals surface area contributed by atoms with Crippen LogP contribution < -0.4 is 0 Å². The fourth-order valence-electron chi connectivity index (χ4n) is 2.48. The fourth-order valence-corrected chi connectivity index (χ4v) is 2.48. The Morgan fingerprint density at radius 2 is 2.00 bits per heavy atom. The van der Waals surface area contributed by atoms with E-state index in [1.165, 1.54) is 16.8 Å². The third kappa shape index (κ3) is 3.45. The third-order valence-electron chi connectivity index (χ3n) is 4.04. The van der Waals surface area contributed by atoms with Gasteiger partial charge in [-0.05, 0) is 43.2 Å². The molecule has 1 amide bonds. The highest BCUT2D eigenvalue weighted by molar-refractivity contribution is 5.93. The predicted molar refractivity (Wildman–Crippen MR) is 84.4 cm³/mol. The number of benzene rings is 1. The summed E-state index contributed by atoms with van der Waals surface area (Å²) in [5, 5.41) is 13.3. The van der Waals surface area contributed by atoms with Gasteiger partial charge in [-0.15, -0.1) is 0 Å². The Bertz CT molecular complexity index is 753. The van der Waals surface area contributed by atoms with Crippen LogP contribution in [0.4, 0.5) is 4.39 Å².